The molecule has 2 rings (SSSR count). The third-order valence-electron chi connectivity index (χ3n) is 4.33. The van der Waals surface area contributed by atoms with E-state index in [1.54, 1.807) is 0 Å². The maximum absolute atomic E-state index is 10.4. The molecule has 5 heteroatoms. The number of ether oxygens (including phenoxy) is 2. The van der Waals surface area contributed by atoms with Gasteiger partial charge in [0.2, 0.25) is 0 Å². The highest BCUT2D eigenvalue weighted by Crippen LogP contribution is 2.18. The Morgan fingerprint density at radius 3 is 2.57 bits per heavy atom. The highest BCUT2D eigenvalue weighted by Gasteiger charge is 2.33. The standard InChI is InChI=1S/C18H30NO3.ClH/c1-2-3-11-22-16-18(20)15-19(9-12-21-13-10-19)14-17-7-5-4-6-8-17;/h4-8,18,20H,2-3,9-16H2,1H3;1H/q+1;/p-1. The first kappa shape index (κ1) is 20.4. The summed E-state index contributed by atoms with van der Waals surface area (Å²) in [5.41, 5.74) is 1.32. The molecule has 0 aromatic heterocycles. The molecule has 1 aliphatic heterocycles. The number of hydrogen-bond donors (Lipinski definition) is 1. The summed E-state index contributed by atoms with van der Waals surface area (Å²) < 4.78 is 12.0. The summed E-state index contributed by atoms with van der Waals surface area (Å²) in [4.78, 5) is 0. The molecule has 132 valence electrons. The fourth-order valence-electron chi connectivity index (χ4n) is 3.07. The Hall–Kier alpha value is -0.650. The van der Waals surface area contributed by atoms with Crippen LogP contribution in [0.3, 0.4) is 0 Å². The molecular weight excluding hydrogens is 314 g/mol. The summed E-state index contributed by atoms with van der Waals surface area (Å²) in [6, 6.07) is 10.5. The second-order valence-electron chi connectivity index (χ2n) is 6.31. The zero-order valence-electron chi connectivity index (χ0n) is 14.1. The lowest BCUT2D eigenvalue weighted by Crippen LogP contribution is -3.00. The Bertz CT molecular complexity index is 410. The Kier molecular flexibility index (Phi) is 9.75. The number of quaternary nitrogens is 1. The molecule has 1 fully saturated rings. The maximum atomic E-state index is 10.4. The fourth-order valence-corrected chi connectivity index (χ4v) is 3.07. The van der Waals surface area contributed by atoms with Crippen molar-refractivity contribution in [1.82, 2.24) is 0 Å². The molecule has 1 aromatic rings. The van der Waals surface area contributed by atoms with Gasteiger partial charge >= 0.3 is 0 Å². The largest absolute Gasteiger partial charge is 1.00 e. The van der Waals surface area contributed by atoms with Crippen molar-refractivity contribution in [2.24, 2.45) is 0 Å². The average Bonchev–Trinajstić information content (AvgIpc) is 2.53. The predicted molar refractivity (Wildman–Crippen MR) is 87.6 cm³/mol. The van der Waals surface area contributed by atoms with Crippen LogP contribution in [0.25, 0.3) is 0 Å². The van der Waals surface area contributed by atoms with Gasteiger partial charge in [0.05, 0.1) is 19.8 Å². The van der Waals surface area contributed by atoms with Gasteiger partial charge in [0, 0.05) is 12.2 Å². The highest BCUT2D eigenvalue weighted by molar-refractivity contribution is 5.13. The summed E-state index contributed by atoms with van der Waals surface area (Å²) in [6.45, 7) is 8.49. The van der Waals surface area contributed by atoms with Crippen LogP contribution >= 0.6 is 0 Å². The van der Waals surface area contributed by atoms with E-state index < -0.39 is 6.10 Å². The van der Waals surface area contributed by atoms with Crippen LogP contribution in [0.1, 0.15) is 25.3 Å². The van der Waals surface area contributed by atoms with Crippen molar-refractivity contribution in [2.75, 3.05) is 46.1 Å². The van der Waals surface area contributed by atoms with Gasteiger partial charge in [-0.15, -0.1) is 0 Å². The summed E-state index contributed by atoms with van der Waals surface area (Å²) in [6.07, 6.45) is 1.78. The Labute approximate surface area is 146 Å². The Balaban J connectivity index is 0.00000264. The number of morpholine rings is 1. The third-order valence-corrected chi connectivity index (χ3v) is 4.33. The maximum Gasteiger partial charge on any atom is 0.126 e. The van der Waals surface area contributed by atoms with E-state index in [4.69, 9.17) is 9.47 Å². The topological polar surface area (TPSA) is 38.7 Å². The van der Waals surface area contributed by atoms with Crippen molar-refractivity contribution in [3.8, 4) is 0 Å². The predicted octanol–water partition coefficient (Wildman–Crippen LogP) is -0.785. The van der Waals surface area contributed by atoms with E-state index in [-0.39, 0.29) is 12.4 Å². The molecule has 1 N–H and O–H groups in total. The van der Waals surface area contributed by atoms with E-state index in [1.807, 2.05) is 6.07 Å². The summed E-state index contributed by atoms with van der Waals surface area (Å²) in [7, 11) is 0. The number of hydrogen-bond acceptors (Lipinski definition) is 3. The molecule has 1 aromatic carbocycles. The van der Waals surface area contributed by atoms with Gasteiger partial charge in [0.15, 0.2) is 0 Å². The van der Waals surface area contributed by atoms with Crippen LogP contribution in [0, 0.1) is 0 Å². The first-order valence-electron chi connectivity index (χ1n) is 8.47. The third kappa shape index (κ3) is 7.19. The summed E-state index contributed by atoms with van der Waals surface area (Å²) >= 11 is 0. The van der Waals surface area contributed by atoms with Crippen molar-refractivity contribution in [3.05, 3.63) is 35.9 Å². The zero-order valence-corrected chi connectivity index (χ0v) is 14.9. The van der Waals surface area contributed by atoms with E-state index in [2.05, 4.69) is 31.2 Å². The summed E-state index contributed by atoms with van der Waals surface area (Å²) in [5.74, 6) is 0. The van der Waals surface area contributed by atoms with E-state index in [1.165, 1.54) is 5.56 Å². The number of rotatable bonds is 9. The van der Waals surface area contributed by atoms with Crippen LogP contribution in [0.2, 0.25) is 0 Å². The Morgan fingerprint density at radius 2 is 1.91 bits per heavy atom. The molecule has 4 nitrogen and oxygen atoms in total. The SMILES string of the molecule is CCCCOCC(O)C[N+]1(Cc2ccccc2)CCOCC1.[Cl-]. The average molecular weight is 344 g/mol. The molecule has 1 saturated heterocycles. The van der Waals surface area contributed by atoms with Gasteiger partial charge in [-0.3, -0.25) is 0 Å². The minimum Gasteiger partial charge on any atom is -1.00 e. The molecule has 0 bridgehead atoms. The molecule has 0 saturated carbocycles. The highest BCUT2D eigenvalue weighted by atomic mass is 35.5. The first-order chi connectivity index (χ1) is 10.7. The summed E-state index contributed by atoms with van der Waals surface area (Å²) in [5, 5.41) is 10.4. The molecule has 0 aliphatic carbocycles. The van der Waals surface area contributed by atoms with Gasteiger partial charge in [-0.05, 0) is 6.42 Å². The second-order valence-corrected chi connectivity index (χ2v) is 6.31. The van der Waals surface area contributed by atoms with Crippen molar-refractivity contribution in [1.29, 1.82) is 0 Å². The lowest BCUT2D eigenvalue weighted by Gasteiger charge is -2.42. The minimum atomic E-state index is -0.404. The molecule has 1 heterocycles. The monoisotopic (exact) mass is 343 g/mol. The van der Waals surface area contributed by atoms with E-state index in [9.17, 15) is 5.11 Å². The molecule has 0 amide bonds. The quantitative estimate of drug-likeness (QED) is 0.472. The number of aliphatic hydroxyl groups is 1. The molecule has 1 atom stereocenters. The van der Waals surface area contributed by atoms with Crippen LogP contribution in [0.5, 0.6) is 0 Å². The van der Waals surface area contributed by atoms with Gasteiger partial charge in [0.1, 0.15) is 32.3 Å². The van der Waals surface area contributed by atoms with Crippen LogP contribution in [0.15, 0.2) is 30.3 Å². The molecule has 0 spiro atoms. The van der Waals surface area contributed by atoms with Crippen LogP contribution in [-0.2, 0) is 16.0 Å². The van der Waals surface area contributed by atoms with Crippen molar-refractivity contribution < 1.29 is 31.5 Å². The van der Waals surface area contributed by atoms with Gasteiger partial charge in [-0.25, -0.2) is 0 Å². The molecular formula is C18H30ClNO3. The normalized spacial score (nSPS) is 18.2. The molecule has 0 radical (unpaired) electrons. The number of halogens is 1. The van der Waals surface area contributed by atoms with Gasteiger partial charge in [-0.2, -0.15) is 0 Å². The zero-order chi connectivity index (χ0) is 15.7. The van der Waals surface area contributed by atoms with E-state index in [0.717, 1.165) is 63.3 Å². The van der Waals surface area contributed by atoms with Gasteiger partial charge in [0.25, 0.3) is 0 Å². The second kappa shape index (κ2) is 11.0. The Morgan fingerprint density at radius 1 is 1.22 bits per heavy atom. The van der Waals surface area contributed by atoms with E-state index in [0.29, 0.717) is 6.61 Å². The minimum absolute atomic E-state index is 0. The number of benzene rings is 1. The lowest BCUT2D eigenvalue weighted by molar-refractivity contribution is -0.950. The van der Waals surface area contributed by atoms with Gasteiger partial charge in [-0.1, -0.05) is 43.7 Å². The van der Waals surface area contributed by atoms with Crippen molar-refractivity contribution >= 4 is 0 Å². The number of unbranched alkanes of at least 4 members (excludes halogenated alkanes) is 1. The van der Waals surface area contributed by atoms with Crippen LogP contribution in [0.4, 0.5) is 0 Å². The lowest BCUT2D eigenvalue weighted by atomic mass is 10.1. The smallest absolute Gasteiger partial charge is 0.126 e. The number of nitrogens with zero attached hydrogens (tertiary/aromatic N) is 1. The van der Waals surface area contributed by atoms with E-state index >= 15 is 0 Å². The molecule has 1 aliphatic rings. The fraction of sp³-hybridized carbons (Fsp3) is 0.667. The first-order valence-corrected chi connectivity index (χ1v) is 8.47. The van der Waals surface area contributed by atoms with Crippen molar-refractivity contribution in [2.45, 2.75) is 32.4 Å². The van der Waals surface area contributed by atoms with Crippen LogP contribution < -0.4 is 12.4 Å². The molecule has 23 heavy (non-hydrogen) atoms. The van der Waals surface area contributed by atoms with Gasteiger partial charge < -0.3 is 31.5 Å². The van der Waals surface area contributed by atoms with Crippen molar-refractivity contribution in [3.63, 3.8) is 0 Å². The van der Waals surface area contributed by atoms with Crippen LogP contribution in [-0.4, -0.2) is 61.8 Å². The number of aliphatic hydroxyl groups excluding tert-OH is 1. The molecule has 1 unspecified atom stereocenters.